The van der Waals surface area contributed by atoms with E-state index in [1.807, 2.05) is 13.8 Å². The van der Waals surface area contributed by atoms with Gasteiger partial charge in [-0.1, -0.05) is 43.6 Å². The normalized spacial score (nSPS) is 1.25. The van der Waals surface area contributed by atoms with Gasteiger partial charge in [-0.05, 0) is 0 Å². The molecule has 0 unspecified atom stereocenters. The second kappa shape index (κ2) is 3290. The van der Waals surface area contributed by atoms with Crippen LogP contribution in [0.3, 0.4) is 0 Å². The Hall–Kier alpha value is -0.260. The van der Waals surface area contributed by atoms with Crippen LogP contribution in [0.15, 0.2) is 13.2 Å². The molecule has 0 aliphatic rings. The van der Waals surface area contributed by atoms with Crippen molar-refractivity contribution in [3.63, 3.8) is 0 Å². The van der Waals surface area contributed by atoms with Crippen molar-refractivity contribution in [2.45, 2.75) is 43.6 Å². The average molecular weight is 122 g/mol. The summed E-state index contributed by atoms with van der Waals surface area (Å²) in [4.78, 5) is 0. The molecule has 0 aromatic heterocycles. The Morgan fingerprint density at radius 2 is 0.625 bits per heavy atom. The first-order valence-corrected chi connectivity index (χ1v) is 1.50. The summed E-state index contributed by atoms with van der Waals surface area (Å²) >= 11 is 0. The van der Waals surface area contributed by atoms with E-state index in [0.717, 1.165) is 0 Å². The van der Waals surface area contributed by atoms with Gasteiger partial charge in [0.05, 0.1) is 0 Å². The topological polar surface area (TPSA) is 0 Å². The highest BCUT2D eigenvalue weighted by atomic mass is 13.0. The van der Waals surface area contributed by atoms with Gasteiger partial charge in [-0.3, -0.25) is 0 Å². The molecular formula is C8H26. The third-order valence-electron chi connectivity index (χ3n) is 0. The van der Waals surface area contributed by atoms with Gasteiger partial charge in [0.25, 0.3) is 0 Å². The average Bonchev–Trinajstić information content (AvgIpc) is 1.50. The molecule has 0 aliphatic carbocycles. The Balaban J connectivity index is -0.00000000167. The van der Waals surface area contributed by atoms with Gasteiger partial charge < -0.3 is 0 Å². The van der Waals surface area contributed by atoms with E-state index >= 15 is 0 Å². The fraction of sp³-hybridized carbons (Fsp3) is 0.750. The predicted octanol–water partition coefficient (Wildman–Crippen LogP) is 4.37. The van der Waals surface area contributed by atoms with Crippen LogP contribution in [0.2, 0.25) is 0 Å². The van der Waals surface area contributed by atoms with Crippen molar-refractivity contribution in [3.8, 4) is 0 Å². The molecule has 0 heterocycles. The zero-order valence-electron chi connectivity index (χ0n) is 3.41. The molecule has 0 atom stereocenters. The first kappa shape index (κ1) is 116. The van der Waals surface area contributed by atoms with Crippen molar-refractivity contribution in [2.75, 3.05) is 0 Å². The van der Waals surface area contributed by atoms with Gasteiger partial charge >= 0.3 is 0 Å². The third-order valence-corrected chi connectivity index (χ3v) is 0. The van der Waals surface area contributed by atoms with Crippen molar-refractivity contribution in [3.05, 3.63) is 13.2 Å². The molecule has 0 heteroatoms. The first-order valence-electron chi connectivity index (χ1n) is 1.50. The summed E-state index contributed by atoms with van der Waals surface area (Å²) in [6.45, 7) is 10.0. The first-order chi connectivity index (χ1) is 2.00. The summed E-state index contributed by atoms with van der Waals surface area (Å²) in [6, 6.07) is 0. The van der Waals surface area contributed by atoms with Crippen molar-refractivity contribution in [1.29, 1.82) is 0 Å². The Morgan fingerprint density at radius 3 is 0.625 bits per heavy atom. The molecule has 0 nitrogen and oxygen atoms in total. The minimum absolute atomic E-state index is 0. The molecule has 58 valence electrons. The molecule has 0 rings (SSSR count). The second-order valence-corrected chi connectivity index (χ2v) is 0. The van der Waals surface area contributed by atoms with Crippen LogP contribution in [0.1, 0.15) is 43.6 Å². The van der Waals surface area contributed by atoms with Crippen LogP contribution in [0, 0.1) is 0 Å². The second-order valence-electron chi connectivity index (χ2n) is 0. The summed E-state index contributed by atoms with van der Waals surface area (Å²) in [6.07, 6.45) is 0. The van der Waals surface area contributed by atoms with Crippen molar-refractivity contribution >= 4 is 0 Å². The van der Waals surface area contributed by atoms with Crippen molar-refractivity contribution in [2.24, 2.45) is 0 Å². The third kappa shape index (κ3) is 1910. The zero-order chi connectivity index (χ0) is 4.00. The lowest BCUT2D eigenvalue weighted by molar-refractivity contribution is 1.50. The predicted molar refractivity (Wildman–Crippen MR) is 49.5 cm³/mol. The van der Waals surface area contributed by atoms with E-state index in [1.54, 1.807) is 0 Å². The maximum absolute atomic E-state index is 3.00. The van der Waals surface area contributed by atoms with Gasteiger partial charge in [-0.15, -0.1) is 13.2 Å². The van der Waals surface area contributed by atoms with E-state index in [0.29, 0.717) is 0 Å². The number of rotatable bonds is 0. The van der Waals surface area contributed by atoms with Crippen LogP contribution < -0.4 is 0 Å². The maximum atomic E-state index is 3.00. The molecule has 8 heavy (non-hydrogen) atoms. The molecule has 0 saturated carbocycles. The molecule has 0 saturated heterocycles. The van der Waals surface area contributed by atoms with Crippen LogP contribution >= 0.6 is 0 Å². The lowest BCUT2D eigenvalue weighted by atomic mass is 11.0. The van der Waals surface area contributed by atoms with Crippen LogP contribution in [-0.2, 0) is 0 Å². The van der Waals surface area contributed by atoms with Crippen LogP contribution in [-0.4, -0.2) is 0 Å². The van der Waals surface area contributed by atoms with E-state index in [1.165, 1.54) is 0 Å². The van der Waals surface area contributed by atoms with Crippen LogP contribution in [0.5, 0.6) is 0 Å². The highest BCUT2D eigenvalue weighted by Crippen LogP contribution is 1.14. The summed E-state index contributed by atoms with van der Waals surface area (Å²) < 4.78 is 0. The Morgan fingerprint density at radius 1 is 0.625 bits per heavy atom. The summed E-state index contributed by atoms with van der Waals surface area (Å²) in [5, 5.41) is 0. The molecule has 0 aromatic carbocycles. The summed E-state index contributed by atoms with van der Waals surface area (Å²) in [7, 11) is 0. The quantitative estimate of drug-likeness (QED) is 0.418. The monoisotopic (exact) mass is 122 g/mol. The fourth-order valence-electron chi connectivity index (χ4n) is 0. The van der Waals surface area contributed by atoms with Gasteiger partial charge in [0, 0.05) is 0 Å². The van der Waals surface area contributed by atoms with Gasteiger partial charge in [-0.2, -0.15) is 0 Å². The summed E-state index contributed by atoms with van der Waals surface area (Å²) in [5.74, 6) is 0. The largest absolute Gasteiger partial charge is 0.106 e. The number of hydrogen-bond donors (Lipinski definition) is 0. The van der Waals surface area contributed by atoms with Crippen LogP contribution in [0.25, 0.3) is 0 Å². The lowest BCUT2D eigenvalue weighted by Crippen LogP contribution is -0.856. The van der Waals surface area contributed by atoms with E-state index in [9.17, 15) is 0 Å². The molecular weight excluding hydrogens is 96.1 g/mol. The Labute approximate surface area is 57.6 Å². The standard InChI is InChI=1S/C2H6.C2H4.4CH4/c2*1-2;;;;/h1-2H3;1-2H2;4*1H4. The highest BCUT2D eigenvalue weighted by Gasteiger charge is 0.932. The van der Waals surface area contributed by atoms with E-state index in [-0.39, 0.29) is 29.7 Å². The van der Waals surface area contributed by atoms with E-state index in [4.69, 9.17) is 0 Å². The van der Waals surface area contributed by atoms with Gasteiger partial charge in [0.15, 0.2) is 0 Å². The molecule has 0 bridgehead atoms. The Bertz CT molecular complexity index is 0. The molecule has 0 aliphatic heterocycles. The van der Waals surface area contributed by atoms with Crippen molar-refractivity contribution in [1.82, 2.24) is 0 Å². The van der Waals surface area contributed by atoms with Gasteiger partial charge in [0.1, 0.15) is 0 Å². The smallest absolute Gasteiger partial charge is 0.0683 e. The fourth-order valence-corrected chi connectivity index (χ4v) is 0. The minimum Gasteiger partial charge on any atom is -0.106 e. The molecule has 0 spiro atoms. The zero-order valence-corrected chi connectivity index (χ0v) is 3.41. The Kier molecular flexibility index (Phi) is 47700. The minimum atomic E-state index is 0. The molecule has 0 amide bonds. The maximum Gasteiger partial charge on any atom is -0.0683 e. The van der Waals surface area contributed by atoms with E-state index in [2.05, 4.69) is 13.2 Å². The van der Waals surface area contributed by atoms with Crippen molar-refractivity contribution < 1.29 is 0 Å². The number of hydrogen-bond acceptors (Lipinski definition) is 0. The van der Waals surface area contributed by atoms with Crippen LogP contribution in [0.4, 0.5) is 0 Å². The van der Waals surface area contributed by atoms with Gasteiger partial charge in [0.2, 0.25) is 0 Å². The highest BCUT2D eigenvalue weighted by molar-refractivity contribution is 4.22. The van der Waals surface area contributed by atoms with E-state index < -0.39 is 0 Å². The molecule has 0 fully saturated rings. The molecule has 0 radical (unpaired) electrons. The SMILES string of the molecule is C.C.C.C.C=C.CC. The lowest BCUT2D eigenvalue weighted by Gasteiger charge is -1.07. The van der Waals surface area contributed by atoms with Gasteiger partial charge in [-0.25, -0.2) is 0 Å². The molecule has 0 N–H and O–H groups in total. The molecule has 0 aromatic rings. The summed E-state index contributed by atoms with van der Waals surface area (Å²) in [5.41, 5.74) is 0.